The predicted molar refractivity (Wildman–Crippen MR) is 71.5 cm³/mol. The predicted octanol–water partition coefficient (Wildman–Crippen LogP) is 2.85. The Morgan fingerprint density at radius 2 is 2.00 bits per heavy atom. The summed E-state index contributed by atoms with van der Waals surface area (Å²) in [6, 6.07) is 2.96. The van der Waals surface area contributed by atoms with E-state index < -0.39 is 22.4 Å². The molecule has 1 aliphatic rings. The van der Waals surface area contributed by atoms with Gasteiger partial charge in [-0.3, -0.25) is 10.1 Å². The molecule has 0 radical (unpaired) electrons. The van der Waals surface area contributed by atoms with Gasteiger partial charge in [0.15, 0.2) is 0 Å². The Morgan fingerprint density at radius 3 is 2.57 bits per heavy atom. The lowest BCUT2D eigenvalue weighted by Crippen LogP contribution is -2.35. The number of nitro benzene ring substituents is 1. The van der Waals surface area contributed by atoms with E-state index in [-0.39, 0.29) is 23.9 Å². The number of carbonyl (C=O) groups is 1. The minimum Gasteiger partial charge on any atom is -0.459 e. The highest BCUT2D eigenvalue weighted by Gasteiger charge is 2.28. The fourth-order valence-electron chi connectivity index (χ4n) is 2.44. The van der Waals surface area contributed by atoms with Gasteiger partial charge < -0.3 is 9.47 Å². The van der Waals surface area contributed by atoms with E-state index in [2.05, 4.69) is 0 Å². The van der Waals surface area contributed by atoms with E-state index in [0.717, 1.165) is 12.1 Å². The number of halogens is 1. The van der Waals surface area contributed by atoms with E-state index in [4.69, 9.17) is 9.47 Å². The third-order valence-electron chi connectivity index (χ3n) is 3.31. The topological polar surface area (TPSA) is 78.7 Å². The number of nitro groups is 1. The van der Waals surface area contributed by atoms with Gasteiger partial charge in [0, 0.05) is 18.9 Å². The minimum absolute atomic E-state index is 0.0193. The lowest BCUT2D eigenvalue weighted by molar-refractivity contribution is -0.387. The van der Waals surface area contributed by atoms with Gasteiger partial charge in [-0.15, -0.1) is 0 Å². The molecule has 1 fully saturated rings. The maximum Gasteiger partial charge on any atom is 0.338 e. The van der Waals surface area contributed by atoms with Gasteiger partial charge in [-0.25, -0.2) is 4.79 Å². The molecule has 114 valence electrons. The Hall–Kier alpha value is -2.02. The summed E-state index contributed by atoms with van der Waals surface area (Å²) in [6.45, 7) is 3.78. The zero-order valence-corrected chi connectivity index (χ0v) is 11.7. The van der Waals surface area contributed by atoms with Crippen molar-refractivity contribution in [2.45, 2.75) is 45.0 Å². The molecule has 0 saturated carbocycles. The van der Waals surface area contributed by atoms with Crippen molar-refractivity contribution < 1.29 is 23.6 Å². The van der Waals surface area contributed by atoms with Gasteiger partial charge in [0.1, 0.15) is 6.10 Å². The third-order valence-corrected chi connectivity index (χ3v) is 3.31. The number of carbonyl (C=O) groups excluding carboxylic acids is 1. The SMILES string of the molecule is CC1CC(OC(=O)c2ccc(F)c([N+](=O)[O-])c2)CC(C)O1. The highest BCUT2D eigenvalue weighted by atomic mass is 19.1. The Kier molecular flexibility index (Phi) is 4.52. The second kappa shape index (κ2) is 6.17. The minimum atomic E-state index is -0.982. The van der Waals surface area contributed by atoms with Crippen LogP contribution in [-0.4, -0.2) is 29.2 Å². The molecular formula is C14H16FNO5. The van der Waals surface area contributed by atoms with Crippen molar-refractivity contribution >= 4 is 11.7 Å². The van der Waals surface area contributed by atoms with Crippen molar-refractivity contribution in [1.82, 2.24) is 0 Å². The lowest BCUT2D eigenvalue weighted by Gasteiger charge is -2.31. The lowest BCUT2D eigenvalue weighted by atomic mass is 10.0. The summed E-state index contributed by atoms with van der Waals surface area (Å²) in [5.41, 5.74) is -0.770. The second-order valence-corrected chi connectivity index (χ2v) is 5.18. The van der Waals surface area contributed by atoms with E-state index in [1.807, 2.05) is 13.8 Å². The van der Waals surface area contributed by atoms with Crippen molar-refractivity contribution in [2.24, 2.45) is 0 Å². The van der Waals surface area contributed by atoms with Crippen LogP contribution in [0.5, 0.6) is 0 Å². The molecule has 0 spiro atoms. The molecule has 1 aliphatic heterocycles. The van der Waals surface area contributed by atoms with Gasteiger partial charge in [0.05, 0.1) is 22.7 Å². The summed E-state index contributed by atoms with van der Waals surface area (Å²) in [5.74, 6) is -1.67. The molecule has 1 aromatic carbocycles. The maximum absolute atomic E-state index is 13.2. The van der Waals surface area contributed by atoms with E-state index in [0.29, 0.717) is 12.8 Å². The number of rotatable bonds is 3. The molecule has 1 heterocycles. The molecule has 2 unspecified atom stereocenters. The number of hydrogen-bond donors (Lipinski definition) is 0. The van der Waals surface area contributed by atoms with Crippen LogP contribution in [-0.2, 0) is 9.47 Å². The molecule has 7 heteroatoms. The number of ether oxygens (including phenoxy) is 2. The van der Waals surface area contributed by atoms with Crippen molar-refractivity contribution in [3.8, 4) is 0 Å². The molecule has 2 rings (SSSR count). The van der Waals surface area contributed by atoms with Crippen LogP contribution in [0.25, 0.3) is 0 Å². The zero-order valence-electron chi connectivity index (χ0n) is 11.7. The van der Waals surface area contributed by atoms with Crippen LogP contribution in [0, 0.1) is 15.9 Å². The highest BCUT2D eigenvalue weighted by Crippen LogP contribution is 2.24. The standard InChI is InChI=1S/C14H16FNO5/c1-8-5-11(6-9(2)20-8)21-14(17)10-3-4-12(15)13(7-10)16(18)19/h3-4,7-9,11H,5-6H2,1-2H3. The van der Waals surface area contributed by atoms with Crippen molar-refractivity contribution in [3.05, 3.63) is 39.7 Å². The van der Waals surface area contributed by atoms with Gasteiger partial charge in [0.25, 0.3) is 0 Å². The first kappa shape index (κ1) is 15.4. The zero-order chi connectivity index (χ0) is 15.6. The average Bonchev–Trinajstić information content (AvgIpc) is 2.37. The molecule has 1 saturated heterocycles. The van der Waals surface area contributed by atoms with Crippen molar-refractivity contribution in [3.63, 3.8) is 0 Å². The number of hydrogen-bond acceptors (Lipinski definition) is 5. The van der Waals surface area contributed by atoms with E-state index in [1.54, 1.807) is 0 Å². The Morgan fingerprint density at radius 1 is 1.38 bits per heavy atom. The molecule has 21 heavy (non-hydrogen) atoms. The van der Waals surface area contributed by atoms with Crippen LogP contribution in [0.2, 0.25) is 0 Å². The summed E-state index contributed by atoms with van der Waals surface area (Å²) in [7, 11) is 0. The van der Waals surface area contributed by atoms with Crippen molar-refractivity contribution in [1.29, 1.82) is 0 Å². The smallest absolute Gasteiger partial charge is 0.338 e. The molecule has 6 nitrogen and oxygen atoms in total. The van der Waals surface area contributed by atoms with Crippen molar-refractivity contribution in [2.75, 3.05) is 0 Å². The first-order valence-corrected chi connectivity index (χ1v) is 6.67. The first-order chi connectivity index (χ1) is 9.86. The molecule has 0 bridgehead atoms. The Labute approximate surface area is 121 Å². The largest absolute Gasteiger partial charge is 0.459 e. The van der Waals surface area contributed by atoms with Crippen LogP contribution in [0.3, 0.4) is 0 Å². The highest BCUT2D eigenvalue weighted by molar-refractivity contribution is 5.90. The van der Waals surface area contributed by atoms with Crippen LogP contribution >= 0.6 is 0 Å². The van der Waals surface area contributed by atoms with Crippen LogP contribution in [0.4, 0.5) is 10.1 Å². The maximum atomic E-state index is 13.2. The second-order valence-electron chi connectivity index (χ2n) is 5.18. The summed E-state index contributed by atoms with van der Waals surface area (Å²) in [5, 5.41) is 10.7. The molecule has 0 aromatic heterocycles. The van der Waals surface area contributed by atoms with E-state index >= 15 is 0 Å². The fraction of sp³-hybridized carbons (Fsp3) is 0.500. The number of esters is 1. The van der Waals surface area contributed by atoms with Gasteiger partial charge in [-0.05, 0) is 26.0 Å². The Balaban J connectivity index is 2.10. The van der Waals surface area contributed by atoms with E-state index in [9.17, 15) is 19.3 Å². The first-order valence-electron chi connectivity index (χ1n) is 6.67. The van der Waals surface area contributed by atoms with Crippen LogP contribution in [0.15, 0.2) is 18.2 Å². The van der Waals surface area contributed by atoms with Gasteiger partial charge >= 0.3 is 11.7 Å². The van der Waals surface area contributed by atoms with Crippen LogP contribution in [0.1, 0.15) is 37.0 Å². The molecule has 1 aromatic rings. The summed E-state index contributed by atoms with van der Waals surface area (Å²) >= 11 is 0. The van der Waals surface area contributed by atoms with Gasteiger partial charge in [0.2, 0.25) is 5.82 Å². The summed E-state index contributed by atoms with van der Waals surface area (Å²) in [4.78, 5) is 21.8. The van der Waals surface area contributed by atoms with Crippen LogP contribution < -0.4 is 0 Å². The van der Waals surface area contributed by atoms with Gasteiger partial charge in [-0.1, -0.05) is 0 Å². The summed E-state index contributed by atoms with van der Waals surface area (Å²) < 4.78 is 24.1. The molecule has 0 aliphatic carbocycles. The molecule has 2 atom stereocenters. The normalized spacial score (nSPS) is 25.4. The quantitative estimate of drug-likeness (QED) is 0.487. The number of nitrogens with zero attached hydrogens (tertiary/aromatic N) is 1. The molecule has 0 amide bonds. The monoisotopic (exact) mass is 297 g/mol. The third kappa shape index (κ3) is 3.75. The average molecular weight is 297 g/mol. The molecular weight excluding hydrogens is 281 g/mol. The summed E-state index contributed by atoms with van der Waals surface area (Å²) in [6.07, 6.45) is 0.794. The Bertz CT molecular complexity index is 552. The fourth-order valence-corrected chi connectivity index (χ4v) is 2.44. The van der Waals surface area contributed by atoms with Gasteiger partial charge in [-0.2, -0.15) is 4.39 Å². The number of benzene rings is 1. The van der Waals surface area contributed by atoms with E-state index in [1.165, 1.54) is 6.07 Å². The molecule has 0 N–H and O–H groups in total.